The Hall–Kier alpha value is -1.26. The Labute approximate surface area is 130 Å². The van der Waals surface area contributed by atoms with E-state index in [9.17, 15) is 4.79 Å². The molecule has 0 aliphatic heterocycles. The van der Waals surface area contributed by atoms with Crippen molar-refractivity contribution in [3.05, 3.63) is 0 Å². The molecule has 0 atom stereocenters. The lowest BCUT2D eigenvalue weighted by atomic mass is 10.1. The van der Waals surface area contributed by atoms with Gasteiger partial charge in [-0.15, -0.1) is 0 Å². The number of carbonyl (C=O) groups excluding carboxylic acids is 1. The fourth-order valence-electron chi connectivity index (χ4n) is 2.02. The zero-order valence-electron chi connectivity index (χ0n) is 14.4. The van der Waals surface area contributed by atoms with Crippen molar-refractivity contribution in [2.75, 3.05) is 34.2 Å². The maximum absolute atomic E-state index is 11.4. The molecule has 0 aromatic heterocycles. The number of amides is 1. The summed E-state index contributed by atoms with van der Waals surface area (Å²) in [6, 6.07) is 0. The summed E-state index contributed by atoms with van der Waals surface area (Å²) in [5.41, 5.74) is 0. The van der Waals surface area contributed by atoms with Gasteiger partial charge in [0, 0.05) is 40.7 Å². The first-order valence-corrected chi connectivity index (χ1v) is 8.26. The maximum atomic E-state index is 11.4. The summed E-state index contributed by atoms with van der Waals surface area (Å²) in [7, 11) is 5.31. The van der Waals surface area contributed by atoms with E-state index in [4.69, 9.17) is 0 Å². The molecule has 1 amide bonds. The first-order chi connectivity index (χ1) is 10.1. The largest absolute Gasteiger partial charge is 0.356 e. The number of nitrogens with zero attached hydrogens (tertiary/aromatic N) is 2. The molecule has 0 fully saturated rings. The van der Waals surface area contributed by atoms with Crippen molar-refractivity contribution in [1.82, 2.24) is 15.5 Å². The minimum absolute atomic E-state index is 0.130. The molecule has 0 aromatic rings. The fourth-order valence-corrected chi connectivity index (χ4v) is 2.02. The summed E-state index contributed by atoms with van der Waals surface area (Å²) >= 11 is 0. The van der Waals surface area contributed by atoms with Gasteiger partial charge in [-0.3, -0.25) is 9.79 Å². The van der Waals surface area contributed by atoms with Crippen molar-refractivity contribution in [2.24, 2.45) is 4.99 Å². The van der Waals surface area contributed by atoms with Crippen molar-refractivity contribution in [1.29, 1.82) is 0 Å². The van der Waals surface area contributed by atoms with E-state index in [2.05, 4.69) is 22.5 Å². The van der Waals surface area contributed by atoms with E-state index >= 15 is 0 Å². The zero-order valence-corrected chi connectivity index (χ0v) is 14.4. The Morgan fingerprint density at radius 1 is 0.952 bits per heavy atom. The van der Waals surface area contributed by atoms with Gasteiger partial charge in [0.25, 0.3) is 0 Å². The van der Waals surface area contributed by atoms with E-state index < -0.39 is 0 Å². The molecular weight excluding hydrogens is 264 g/mol. The number of nitrogens with one attached hydrogen (secondary N) is 2. The molecule has 0 saturated heterocycles. The minimum atomic E-state index is 0.130. The molecule has 0 bridgehead atoms. The molecule has 0 aliphatic carbocycles. The van der Waals surface area contributed by atoms with Crippen LogP contribution >= 0.6 is 0 Å². The number of hydrogen-bond donors (Lipinski definition) is 2. The molecule has 0 unspecified atom stereocenters. The van der Waals surface area contributed by atoms with Crippen LogP contribution in [0.25, 0.3) is 0 Å². The lowest BCUT2D eigenvalue weighted by Crippen LogP contribution is -2.39. The topological polar surface area (TPSA) is 56.7 Å². The van der Waals surface area contributed by atoms with Gasteiger partial charge in [0.05, 0.1) is 0 Å². The molecule has 0 heterocycles. The van der Waals surface area contributed by atoms with E-state index in [-0.39, 0.29) is 5.91 Å². The van der Waals surface area contributed by atoms with Gasteiger partial charge in [0.1, 0.15) is 0 Å². The van der Waals surface area contributed by atoms with Crippen LogP contribution in [0.4, 0.5) is 0 Å². The average molecular weight is 298 g/mol. The summed E-state index contributed by atoms with van der Waals surface area (Å²) in [4.78, 5) is 17.2. The van der Waals surface area contributed by atoms with Crippen LogP contribution in [0.1, 0.15) is 58.3 Å². The first-order valence-electron chi connectivity index (χ1n) is 8.26. The van der Waals surface area contributed by atoms with Crippen molar-refractivity contribution >= 4 is 11.9 Å². The summed E-state index contributed by atoms with van der Waals surface area (Å²) in [5.74, 6) is 0.914. The van der Waals surface area contributed by atoms with Crippen LogP contribution in [0, 0.1) is 0 Å². The molecule has 0 spiro atoms. The predicted octanol–water partition coefficient (Wildman–Crippen LogP) is 2.38. The Kier molecular flexibility index (Phi) is 12.9. The molecule has 5 heteroatoms. The predicted molar refractivity (Wildman–Crippen MR) is 90.7 cm³/mol. The smallest absolute Gasteiger partial charge is 0.223 e. The van der Waals surface area contributed by atoms with Crippen LogP contribution in [-0.4, -0.2) is 51.0 Å². The number of carbonyl (C=O) groups is 1. The number of hydrogen-bond acceptors (Lipinski definition) is 2. The highest BCUT2D eigenvalue weighted by molar-refractivity contribution is 5.81. The average Bonchev–Trinajstić information content (AvgIpc) is 2.47. The van der Waals surface area contributed by atoms with E-state index in [1.807, 2.05) is 0 Å². The summed E-state index contributed by atoms with van der Waals surface area (Å²) in [6.45, 7) is 3.80. The van der Waals surface area contributed by atoms with E-state index in [1.165, 1.54) is 44.9 Å². The van der Waals surface area contributed by atoms with Crippen molar-refractivity contribution in [3.8, 4) is 0 Å². The van der Waals surface area contributed by atoms with Crippen LogP contribution in [0.15, 0.2) is 4.99 Å². The van der Waals surface area contributed by atoms with Crippen molar-refractivity contribution < 1.29 is 4.79 Å². The second kappa shape index (κ2) is 13.7. The third kappa shape index (κ3) is 12.2. The number of unbranched alkanes of at least 4 members (excludes halogenated alkanes) is 6. The quantitative estimate of drug-likeness (QED) is 0.350. The molecule has 5 nitrogen and oxygen atoms in total. The number of aliphatic imine (C=N–C) groups is 1. The van der Waals surface area contributed by atoms with Gasteiger partial charge in [0.2, 0.25) is 5.91 Å². The molecule has 21 heavy (non-hydrogen) atoms. The number of rotatable bonds is 11. The highest BCUT2D eigenvalue weighted by atomic mass is 16.2. The van der Waals surface area contributed by atoms with Gasteiger partial charge < -0.3 is 15.5 Å². The van der Waals surface area contributed by atoms with Crippen molar-refractivity contribution in [3.63, 3.8) is 0 Å². The summed E-state index contributed by atoms with van der Waals surface area (Å²) < 4.78 is 0. The third-order valence-corrected chi connectivity index (χ3v) is 3.43. The molecule has 0 saturated carbocycles. The Bertz CT molecular complexity index is 290. The van der Waals surface area contributed by atoms with Crippen molar-refractivity contribution in [2.45, 2.75) is 58.3 Å². The maximum Gasteiger partial charge on any atom is 0.223 e. The Morgan fingerprint density at radius 3 is 2.10 bits per heavy atom. The monoisotopic (exact) mass is 298 g/mol. The van der Waals surface area contributed by atoms with Crippen LogP contribution in [-0.2, 0) is 4.79 Å². The van der Waals surface area contributed by atoms with E-state index in [0.29, 0.717) is 13.0 Å². The zero-order chi connectivity index (χ0) is 15.9. The normalized spacial score (nSPS) is 11.3. The molecule has 0 radical (unpaired) electrons. The molecule has 0 aromatic carbocycles. The summed E-state index contributed by atoms with van der Waals surface area (Å²) in [5, 5.41) is 6.45. The van der Waals surface area contributed by atoms with Gasteiger partial charge in [-0.05, 0) is 6.42 Å². The third-order valence-electron chi connectivity index (χ3n) is 3.43. The minimum Gasteiger partial charge on any atom is -0.356 e. The molecule has 0 aliphatic rings. The van der Waals surface area contributed by atoms with Gasteiger partial charge in [-0.2, -0.15) is 0 Å². The van der Waals surface area contributed by atoms with Gasteiger partial charge >= 0.3 is 0 Å². The van der Waals surface area contributed by atoms with E-state index in [1.54, 1.807) is 26.0 Å². The van der Waals surface area contributed by atoms with Gasteiger partial charge in [0.15, 0.2) is 5.96 Å². The Morgan fingerprint density at radius 2 is 1.52 bits per heavy atom. The first kappa shape index (κ1) is 19.7. The fraction of sp³-hybridized carbons (Fsp3) is 0.875. The second-order valence-corrected chi connectivity index (χ2v) is 5.59. The highest BCUT2D eigenvalue weighted by Crippen LogP contribution is 2.06. The van der Waals surface area contributed by atoms with E-state index in [0.717, 1.165) is 12.5 Å². The second-order valence-electron chi connectivity index (χ2n) is 5.59. The summed E-state index contributed by atoms with van der Waals surface area (Å²) in [6.07, 6.45) is 9.65. The van der Waals surface area contributed by atoms with Crippen LogP contribution < -0.4 is 10.6 Å². The van der Waals surface area contributed by atoms with Crippen LogP contribution in [0.3, 0.4) is 0 Å². The van der Waals surface area contributed by atoms with Gasteiger partial charge in [-0.1, -0.05) is 45.4 Å². The lowest BCUT2D eigenvalue weighted by Gasteiger charge is -2.13. The lowest BCUT2D eigenvalue weighted by molar-refractivity contribution is -0.128. The Balaban J connectivity index is 3.52. The molecular formula is C16H34N4O. The molecule has 124 valence electrons. The highest BCUT2D eigenvalue weighted by Gasteiger charge is 2.03. The molecule has 2 N–H and O–H groups in total. The van der Waals surface area contributed by atoms with Crippen LogP contribution in [0.2, 0.25) is 0 Å². The number of guanidine groups is 1. The SMILES string of the molecule is CCCCCCCCCNC(=NC)NCCC(=O)N(C)C. The van der Waals surface area contributed by atoms with Crippen LogP contribution in [0.5, 0.6) is 0 Å². The van der Waals surface area contributed by atoms with Gasteiger partial charge in [-0.25, -0.2) is 0 Å². The molecule has 0 rings (SSSR count). The standard InChI is InChI=1S/C16H34N4O/c1-5-6-7-8-9-10-11-13-18-16(17-2)19-14-12-15(21)20(3)4/h5-14H2,1-4H3,(H2,17,18,19).